The third kappa shape index (κ3) is 2.90. The van der Waals surface area contributed by atoms with Crippen LogP contribution in [0.3, 0.4) is 0 Å². The zero-order chi connectivity index (χ0) is 13.8. The van der Waals surface area contributed by atoms with Crippen LogP contribution in [-0.2, 0) is 13.6 Å². The molecule has 2 heterocycles. The SMILES string of the molecule is CNc1cc(C(=O)N(C)Cc2nccn2C)ccn1. The van der Waals surface area contributed by atoms with Crippen LogP contribution in [0.15, 0.2) is 30.7 Å². The van der Waals surface area contributed by atoms with E-state index < -0.39 is 0 Å². The minimum Gasteiger partial charge on any atom is -0.373 e. The maximum Gasteiger partial charge on any atom is 0.254 e. The molecule has 1 N–H and O–H groups in total. The molecule has 0 aliphatic heterocycles. The summed E-state index contributed by atoms with van der Waals surface area (Å²) in [4.78, 5) is 22.2. The first-order valence-electron chi connectivity index (χ1n) is 5.97. The van der Waals surface area contributed by atoms with Gasteiger partial charge in [-0.25, -0.2) is 9.97 Å². The Kier molecular flexibility index (Phi) is 3.79. The van der Waals surface area contributed by atoms with E-state index in [4.69, 9.17) is 0 Å². The third-order valence-corrected chi connectivity index (χ3v) is 2.91. The molecule has 0 spiro atoms. The smallest absolute Gasteiger partial charge is 0.254 e. The Morgan fingerprint density at radius 1 is 1.42 bits per heavy atom. The number of nitrogens with zero attached hydrogens (tertiary/aromatic N) is 4. The number of nitrogens with one attached hydrogen (secondary N) is 1. The van der Waals surface area contributed by atoms with Crippen molar-refractivity contribution in [2.75, 3.05) is 19.4 Å². The van der Waals surface area contributed by atoms with Crippen molar-refractivity contribution in [1.29, 1.82) is 0 Å². The standard InChI is InChI=1S/C13H17N5O/c1-14-11-8-10(4-5-15-11)13(19)18(3)9-12-16-6-7-17(12)2/h4-8H,9H2,1-3H3,(H,14,15). The molecule has 2 aromatic rings. The van der Waals surface area contributed by atoms with E-state index in [1.54, 1.807) is 43.5 Å². The highest BCUT2D eigenvalue weighted by molar-refractivity contribution is 5.94. The number of rotatable bonds is 4. The molecule has 0 saturated heterocycles. The number of anilines is 1. The van der Waals surface area contributed by atoms with Crippen molar-refractivity contribution < 1.29 is 4.79 Å². The summed E-state index contributed by atoms with van der Waals surface area (Å²) in [5, 5.41) is 2.92. The summed E-state index contributed by atoms with van der Waals surface area (Å²) in [6.45, 7) is 0.472. The molecule has 0 aliphatic rings. The van der Waals surface area contributed by atoms with E-state index >= 15 is 0 Å². The number of amides is 1. The predicted octanol–water partition coefficient (Wildman–Crippen LogP) is 1.13. The lowest BCUT2D eigenvalue weighted by molar-refractivity contribution is 0.0780. The monoisotopic (exact) mass is 259 g/mol. The van der Waals surface area contributed by atoms with E-state index in [1.807, 2.05) is 17.8 Å². The molecule has 2 rings (SSSR count). The molecule has 6 nitrogen and oxygen atoms in total. The Bertz CT molecular complexity index is 578. The number of aryl methyl sites for hydroxylation is 1. The minimum atomic E-state index is -0.0538. The highest BCUT2D eigenvalue weighted by Gasteiger charge is 2.14. The Hall–Kier alpha value is -2.37. The number of hydrogen-bond donors (Lipinski definition) is 1. The van der Waals surface area contributed by atoms with E-state index in [2.05, 4.69) is 15.3 Å². The molecular weight excluding hydrogens is 242 g/mol. The lowest BCUT2D eigenvalue weighted by atomic mass is 10.2. The minimum absolute atomic E-state index is 0.0538. The van der Waals surface area contributed by atoms with Gasteiger partial charge in [0, 0.05) is 45.3 Å². The zero-order valence-electron chi connectivity index (χ0n) is 11.3. The van der Waals surface area contributed by atoms with Crippen LogP contribution >= 0.6 is 0 Å². The van der Waals surface area contributed by atoms with Crippen LogP contribution in [0.2, 0.25) is 0 Å². The van der Waals surface area contributed by atoms with Gasteiger partial charge < -0.3 is 14.8 Å². The molecule has 100 valence electrons. The molecule has 1 amide bonds. The lowest BCUT2D eigenvalue weighted by Crippen LogP contribution is -2.27. The van der Waals surface area contributed by atoms with Crippen molar-refractivity contribution >= 4 is 11.7 Å². The Morgan fingerprint density at radius 2 is 2.21 bits per heavy atom. The topological polar surface area (TPSA) is 63.1 Å². The number of hydrogen-bond acceptors (Lipinski definition) is 4. The molecular formula is C13H17N5O. The zero-order valence-corrected chi connectivity index (χ0v) is 11.3. The summed E-state index contributed by atoms with van der Waals surface area (Å²) in [6.07, 6.45) is 5.20. The summed E-state index contributed by atoms with van der Waals surface area (Å²) in [5.74, 6) is 1.47. The van der Waals surface area contributed by atoms with Crippen LogP contribution in [0.1, 0.15) is 16.2 Å². The fraction of sp³-hybridized carbons (Fsp3) is 0.308. The van der Waals surface area contributed by atoms with Crippen LogP contribution in [0, 0.1) is 0 Å². The predicted molar refractivity (Wildman–Crippen MR) is 72.8 cm³/mol. The van der Waals surface area contributed by atoms with E-state index in [0.717, 1.165) is 5.82 Å². The van der Waals surface area contributed by atoms with Gasteiger partial charge in [0.25, 0.3) is 5.91 Å². The first kappa shape index (κ1) is 13.1. The van der Waals surface area contributed by atoms with Crippen molar-refractivity contribution in [2.24, 2.45) is 7.05 Å². The van der Waals surface area contributed by atoms with Crippen molar-refractivity contribution in [3.8, 4) is 0 Å². The van der Waals surface area contributed by atoms with Gasteiger partial charge in [-0.15, -0.1) is 0 Å². The largest absolute Gasteiger partial charge is 0.373 e. The van der Waals surface area contributed by atoms with E-state index in [1.165, 1.54) is 0 Å². The molecule has 2 aromatic heterocycles. The maximum absolute atomic E-state index is 12.3. The molecule has 0 fully saturated rings. The second-order valence-corrected chi connectivity index (χ2v) is 4.30. The van der Waals surface area contributed by atoms with Gasteiger partial charge in [-0.1, -0.05) is 0 Å². The number of aromatic nitrogens is 3. The molecule has 0 atom stereocenters. The van der Waals surface area contributed by atoms with Crippen molar-refractivity contribution in [2.45, 2.75) is 6.54 Å². The van der Waals surface area contributed by atoms with Gasteiger partial charge in [0.15, 0.2) is 0 Å². The molecule has 0 radical (unpaired) electrons. The van der Waals surface area contributed by atoms with Gasteiger partial charge in [0.05, 0.1) is 6.54 Å². The van der Waals surface area contributed by atoms with Crippen LogP contribution in [0.5, 0.6) is 0 Å². The van der Waals surface area contributed by atoms with Crippen molar-refractivity contribution in [1.82, 2.24) is 19.4 Å². The molecule has 0 bridgehead atoms. The average molecular weight is 259 g/mol. The normalized spacial score (nSPS) is 10.3. The Morgan fingerprint density at radius 3 is 2.84 bits per heavy atom. The number of imidazole rings is 1. The number of carbonyl (C=O) groups excluding carboxylic acids is 1. The Balaban J connectivity index is 2.12. The van der Waals surface area contributed by atoms with Gasteiger partial charge in [0.1, 0.15) is 11.6 Å². The molecule has 0 saturated carbocycles. The van der Waals surface area contributed by atoms with Gasteiger partial charge >= 0.3 is 0 Å². The quantitative estimate of drug-likeness (QED) is 0.894. The van der Waals surface area contributed by atoms with Crippen LogP contribution in [0.4, 0.5) is 5.82 Å². The van der Waals surface area contributed by atoms with Gasteiger partial charge in [-0.05, 0) is 12.1 Å². The van der Waals surface area contributed by atoms with Crippen LogP contribution < -0.4 is 5.32 Å². The molecule has 19 heavy (non-hydrogen) atoms. The maximum atomic E-state index is 12.3. The average Bonchev–Trinajstić information content (AvgIpc) is 2.83. The first-order valence-corrected chi connectivity index (χ1v) is 5.97. The third-order valence-electron chi connectivity index (χ3n) is 2.91. The first-order chi connectivity index (χ1) is 9.11. The fourth-order valence-corrected chi connectivity index (χ4v) is 1.75. The van der Waals surface area contributed by atoms with E-state index in [0.29, 0.717) is 17.9 Å². The molecule has 0 unspecified atom stereocenters. The summed E-state index contributed by atoms with van der Waals surface area (Å²) in [6, 6.07) is 3.44. The molecule has 0 aromatic carbocycles. The highest BCUT2D eigenvalue weighted by atomic mass is 16.2. The summed E-state index contributed by atoms with van der Waals surface area (Å²) in [5.41, 5.74) is 0.607. The van der Waals surface area contributed by atoms with Gasteiger partial charge in [-0.3, -0.25) is 4.79 Å². The van der Waals surface area contributed by atoms with Crippen molar-refractivity contribution in [3.63, 3.8) is 0 Å². The second kappa shape index (κ2) is 5.51. The second-order valence-electron chi connectivity index (χ2n) is 4.30. The summed E-state index contributed by atoms with van der Waals surface area (Å²) >= 11 is 0. The van der Waals surface area contributed by atoms with E-state index in [-0.39, 0.29) is 5.91 Å². The number of carbonyl (C=O) groups is 1. The summed E-state index contributed by atoms with van der Waals surface area (Å²) in [7, 11) is 5.44. The molecule has 6 heteroatoms. The van der Waals surface area contributed by atoms with Crippen molar-refractivity contribution in [3.05, 3.63) is 42.1 Å². The highest BCUT2D eigenvalue weighted by Crippen LogP contribution is 2.10. The van der Waals surface area contributed by atoms with E-state index in [9.17, 15) is 4.79 Å². The van der Waals surface area contributed by atoms with Gasteiger partial charge in [0.2, 0.25) is 0 Å². The Labute approximate surface area is 112 Å². The molecule has 0 aliphatic carbocycles. The summed E-state index contributed by atoms with van der Waals surface area (Å²) < 4.78 is 1.90. The van der Waals surface area contributed by atoms with Gasteiger partial charge in [-0.2, -0.15) is 0 Å². The van der Waals surface area contributed by atoms with Crippen LogP contribution in [0.25, 0.3) is 0 Å². The number of pyridine rings is 1. The lowest BCUT2D eigenvalue weighted by Gasteiger charge is -2.17. The van der Waals surface area contributed by atoms with Crippen LogP contribution in [-0.4, -0.2) is 39.4 Å². The fourth-order valence-electron chi connectivity index (χ4n) is 1.75.